The molecule has 0 N–H and O–H groups in total. The molecular formula is C27H30F2N2O2S. The van der Waals surface area contributed by atoms with Crippen LogP contribution in [0, 0.1) is 17.6 Å². The van der Waals surface area contributed by atoms with Gasteiger partial charge in [-0.25, -0.2) is 8.78 Å². The second-order valence-electron chi connectivity index (χ2n) is 8.84. The van der Waals surface area contributed by atoms with Gasteiger partial charge in [-0.1, -0.05) is 30.3 Å². The zero-order valence-corrected chi connectivity index (χ0v) is 20.4. The molecule has 0 aliphatic carbocycles. The number of hydrogen-bond donors (Lipinski definition) is 0. The van der Waals surface area contributed by atoms with Crippen LogP contribution in [0.3, 0.4) is 0 Å². The number of hydrogen-bond acceptors (Lipinski definition) is 4. The lowest BCUT2D eigenvalue weighted by Gasteiger charge is -2.40. The number of likely N-dealkylation sites (tertiary alicyclic amines) is 1. The van der Waals surface area contributed by atoms with Gasteiger partial charge in [-0.05, 0) is 79.0 Å². The number of ether oxygens (including phenoxy) is 1. The molecule has 3 aromatic rings. The highest BCUT2D eigenvalue weighted by molar-refractivity contribution is 7.12. The summed E-state index contributed by atoms with van der Waals surface area (Å²) in [7, 11) is 3.31. The van der Waals surface area contributed by atoms with Crippen LogP contribution in [0.2, 0.25) is 0 Å². The molecule has 1 aliphatic heterocycles. The van der Waals surface area contributed by atoms with Gasteiger partial charge in [0.15, 0.2) is 11.6 Å². The molecule has 0 unspecified atom stereocenters. The lowest BCUT2D eigenvalue weighted by Crippen LogP contribution is -2.47. The van der Waals surface area contributed by atoms with Crippen molar-refractivity contribution in [2.45, 2.75) is 31.8 Å². The molecule has 1 aromatic heterocycles. The lowest BCUT2D eigenvalue weighted by atomic mass is 9.84. The Morgan fingerprint density at radius 2 is 1.88 bits per heavy atom. The number of nitrogens with zero attached hydrogens (tertiary/aromatic N) is 2. The highest BCUT2D eigenvalue weighted by atomic mass is 32.1. The summed E-state index contributed by atoms with van der Waals surface area (Å²) in [5, 5.41) is 1.90. The Kier molecular flexibility index (Phi) is 7.95. The number of thiophene rings is 1. The number of carbonyl (C=O) groups excluding carboxylic acids is 1. The Morgan fingerprint density at radius 1 is 1.12 bits per heavy atom. The third kappa shape index (κ3) is 5.65. The van der Waals surface area contributed by atoms with Crippen molar-refractivity contribution in [2.75, 3.05) is 27.2 Å². The lowest BCUT2D eigenvalue weighted by molar-refractivity contribution is 0.0588. The minimum Gasteiger partial charge on any atom is -0.494 e. The number of likely N-dealkylation sites (N-methyl/N-ethyl adjacent to an activating group) is 1. The third-order valence-corrected chi connectivity index (χ3v) is 7.59. The van der Waals surface area contributed by atoms with E-state index in [1.807, 2.05) is 41.6 Å². The maximum absolute atomic E-state index is 14.5. The molecule has 7 heteroatoms. The van der Waals surface area contributed by atoms with E-state index in [1.165, 1.54) is 30.6 Å². The Hall–Kier alpha value is -2.77. The van der Waals surface area contributed by atoms with E-state index in [0.29, 0.717) is 23.4 Å². The van der Waals surface area contributed by atoms with Crippen LogP contribution in [-0.4, -0.2) is 49.0 Å². The van der Waals surface area contributed by atoms with Crippen LogP contribution in [0.1, 0.15) is 33.6 Å². The van der Waals surface area contributed by atoms with Crippen molar-refractivity contribution in [1.82, 2.24) is 9.80 Å². The zero-order chi connectivity index (χ0) is 24.1. The number of methoxy groups -OCH3 is 1. The number of benzene rings is 2. The van der Waals surface area contributed by atoms with Crippen molar-refractivity contribution >= 4 is 17.2 Å². The summed E-state index contributed by atoms with van der Waals surface area (Å²) < 4.78 is 33.4. The molecule has 1 aliphatic rings. The summed E-state index contributed by atoms with van der Waals surface area (Å²) >= 11 is 1.43. The maximum atomic E-state index is 14.5. The number of piperidine rings is 1. The molecule has 2 heterocycles. The number of rotatable bonds is 8. The van der Waals surface area contributed by atoms with Crippen molar-refractivity contribution in [3.63, 3.8) is 0 Å². The Bertz CT molecular complexity index is 1100. The van der Waals surface area contributed by atoms with Crippen LogP contribution in [0.4, 0.5) is 8.78 Å². The summed E-state index contributed by atoms with van der Waals surface area (Å²) in [6, 6.07) is 15.4. The fraction of sp³-hybridized carbons (Fsp3) is 0.370. The average molecular weight is 485 g/mol. The quantitative estimate of drug-likeness (QED) is 0.415. The largest absolute Gasteiger partial charge is 0.494 e. The summed E-state index contributed by atoms with van der Waals surface area (Å²) in [6.07, 6.45) is 2.29. The normalized spacial score (nSPS) is 15.8. The van der Waals surface area contributed by atoms with Crippen LogP contribution in [-0.2, 0) is 13.0 Å². The molecule has 1 fully saturated rings. The SMILES string of the molecule is COc1cc(CN2CCC([C@@H](Cc3ccccc3F)N(C)C(=O)c3cccs3)CC2)ccc1F. The molecule has 1 saturated heterocycles. The van der Waals surface area contributed by atoms with Gasteiger partial charge in [-0.2, -0.15) is 0 Å². The maximum Gasteiger partial charge on any atom is 0.263 e. The van der Waals surface area contributed by atoms with E-state index in [9.17, 15) is 13.6 Å². The van der Waals surface area contributed by atoms with E-state index in [2.05, 4.69) is 4.90 Å². The summed E-state index contributed by atoms with van der Waals surface area (Å²) in [4.78, 5) is 18.0. The Balaban J connectivity index is 1.46. The van der Waals surface area contributed by atoms with Crippen molar-refractivity contribution in [1.29, 1.82) is 0 Å². The first kappa shape index (κ1) is 24.4. The predicted octanol–water partition coefficient (Wildman–Crippen LogP) is 5.63. The minimum absolute atomic E-state index is 0.0165. The van der Waals surface area contributed by atoms with E-state index in [0.717, 1.165) is 31.5 Å². The van der Waals surface area contributed by atoms with Gasteiger partial charge in [0.25, 0.3) is 5.91 Å². The van der Waals surface area contributed by atoms with Crippen LogP contribution < -0.4 is 4.74 Å². The molecule has 2 aromatic carbocycles. The molecule has 0 saturated carbocycles. The van der Waals surface area contributed by atoms with Crippen LogP contribution in [0.25, 0.3) is 0 Å². The highest BCUT2D eigenvalue weighted by Gasteiger charge is 2.32. The molecule has 1 atom stereocenters. The standard InChI is InChI=1S/C27H30F2N2O2S/c1-30(27(32)26-8-5-15-34-26)24(17-21-6-3-4-7-22(21)28)20-11-13-31(14-12-20)18-19-9-10-23(29)25(16-19)33-2/h3-10,15-16,20,24H,11-14,17-18H2,1-2H3/t24-/m1/s1. The Morgan fingerprint density at radius 3 is 2.56 bits per heavy atom. The Labute approximate surface area is 203 Å². The van der Waals surface area contributed by atoms with Gasteiger partial charge in [0, 0.05) is 19.6 Å². The smallest absolute Gasteiger partial charge is 0.263 e. The zero-order valence-electron chi connectivity index (χ0n) is 19.5. The first-order chi connectivity index (χ1) is 16.5. The van der Waals surface area contributed by atoms with Gasteiger partial charge in [0.05, 0.1) is 12.0 Å². The second-order valence-corrected chi connectivity index (χ2v) is 9.79. The van der Waals surface area contributed by atoms with Crippen LogP contribution in [0.15, 0.2) is 60.0 Å². The number of carbonyl (C=O) groups is 1. The molecule has 4 rings (SSSR count). The van der Waals surface area contributed by atoms with Gasteiger partial charge >= 0.3 is 0 Å². The molecule has 34 heavy (non-hydrogen) atoms. The molecule has 1 amide bonds. The average Bonchev–Trinajstić information content (AvgIpc) is 3.39. The van der Waals surface area contributed by atoms with Crippen LogP contribution >= 0.6 is 11.3 Å². The second kappa shape index (κ2) is 11.1. The monoisotopic (exact) mass is 484 g/mol. The molecule has 0 spiro atoms. The van der Waals surface area contributed by atoms with Gasteiger partial charge in [0.2, 0.25) is 0 Å². The van der Waals surface area contributed by atoms with Crippen LogP contribution in [0.5, 0.6) is 5.75 Å². The number of halogens is 2. The molecule has 0 bridgehead atoms. The minimum atomic E-state index is -0.362. The van der Waals surface area contributed by atoms with Crippen molar-refractivity contribution in [3.8, 4) is 5.75 Å². The van der Waals surface area contributed by atoms with E-state index in [1.54, 1.807) is 18.2 Å². The predicted molar refractivity (Wildman–Crippen MR) is 131 cm³/mol. The van der Waals surface area contributed by atoms with Crippen molar-refractivity contribution in [3.05, 3.63) is 87.6 Å². The van der Waals surface area contributed by atoms with Gasteiger partial charge in [-0.15, -0.1) is 11.3 Å². The van der Waals surface area contributed by atoms with E-state index >= 15 is 0 Å². The summed E-state index contributed by atoms with van der Waals surface area (Å²) in [6.45, 7) is 2.43. The summed E-state index contributed by atoms with van der Waals surface area (Å²) in [5.74, 6) is -0.0951. The molecule has 180 valence electrons. The fourth-order valence-corrected chi connectivity index (χ4v) is 5.50. The van der Waals surface area contributed by atoms with Gasteiger partial charge < -0.3 is 9.64 Å². The molecule has 4 nitrogen and oxygen atoms in total. The van der Waals surface area contributed by atoms with Gasteiger partial charge in [0.1, 0.15) is 5.82 Å². The fourth-order valence-electron chi connectivity index (χ4n) is 4.79. The highest BCUT2D eigenvalue weighted by Crippen LogP contribution is 2.29. The number of amides is 1. The van der Waals surface area contributed by atoms with Gasteiger partial charge in [-0.3, -0.25) is 9.69 Å². The first-order valence-electron chi connectivity index (χ1n) is 11.5. The first-order valence-corrected chi connectivity index (χ1v) is 12.4. The third-order valence-electron chi connectivity index (χ3n) is 6.73. The van der Waals surface area contributed by atoms with E-state index in [-0.39, 0.29) is 35.3 Å². The molecule has 0 radical (unpaired) electrons. The van der Waals surface area contributed by atoms with Crippen molar-refractivity contribution < 1.29 is 18.3 Å². The van der Waals surface area contributed by atoms with E-state index < -0.39 is 0 Å². The topological polar surface area (TPSA) is 32.8 Å². The summed E-state index contributed by atoms with van der Waals surface area (Å²) in [5.41, 5.74) is 1.64. The van der Waals surface area contributed by atoms with Crippen molar-refractivity contribution in [2.24, 2.45) is 5.92 Å². The molecular weight excluding hydrogens is 454 g/mol. The van der Waals surface area contributed by atoms with E-state index in [4.69, 9.17) is 4.74 Å².